The van der Waals surface area contributed by atoms with E-state index in [-0.39, 0.29) is 5.89 Å². The van der Waals surface area contributed by atoms with Crippen molar-refractivity contribution in [3.63, 3.8) is 0 Å². The van der Waals surface area contributed by atoms with Crippen molar-refractivity contribution >= 4 is 17.1 Å². The highest BCUT2D eigenvalue weighted by molar-refractivity contribution is 5.90. The van der Waals surface area contributed by atoms with E-state index < -0.39 is 11.7 Å². The van der Waals surface area contributed by atoms with Gasteiger partial charge in [-0.2, -0.15) is 4.98 Å². The second kappa shape index (κ2) is 5.75. The van der Waals surface area contributed by atoms with Crippen LogP contribution in [0.15, 0.2) is 56.2 Å². The smallest absolute Gasteiger partial charge is 0.417 e. The van der Waals surface area contributed by atoms with Gasteiger partial charge in [-0.1, -0.05) is 23.4 Å². The fourth-order valence-electron chi connectivity index (χ4n) is 2.47. The van der Waals surface area contributed by atoms with Crippen molar-refractivity contribution in [2.75, 3.05) is 7.11 Å². The molecule has 0 radical (unpaired) electrons. The second-order valence-electron chi connectivity index (χ2n) is 5.19. The van der Waals surface area contributed by atoms with Crippen LogP contribution in [0.4, 0.5) is 0 Å². The first-order valence-corrected chi connectivity index (χ1v) is 7.30. The van der Waals surface area contributed by atoms with Crippen molar-refractivity contribution in [2.24, 2.45) is 0 Å². The number of para-hydroxylation sites is 1. The molecule has 0 aliphatic carbocycles. The number of H-pyrrole nitrogens is 1. The molecule has 25 heavy (non-hydrogen) atoms. The fourth-order valence-corrected chi connectivity index (χ4v) is 2.47. The Hall–Kier alpha value is -3.68. The quantitative estimate of drug-likeness (QED) is 0.572. The summed E-state index contributed by atoms with van der Waals surface area (Å²) in [5, 5.41) is 3.94. The highest BCUT2D eigenvalue weighted by atomic mass is 16.5. The molecule has 0 unspecified atom stereocenters. The van der Waals surface area contributed by atoms with Gasteiger partial charge in [0.15, 0.2) is 5.58 Å². The third kappa shape index (κ3) is 2.59. The topological polar surface area (TPSA) is 111 Å². The molecule has 0 saturated heterocycles. The van der Waals surface area contributed by atoms with E-state index in [4.69, 9.17) is 8.94 Å². The lowest BCUT2D eigenvalue weighted by molar-refractivity contribution is 0.0601. The summed E-state index contributed by atoms with van der Waals surface area (Å²) in [6, 6.07) is 11.8. The van der Waals surface area contributed by atoms with E-state index in [1.807, 2.05) is 0 Å². The molecule has 4 rings (SSSR count). The normalized spacial score (nSPS) is 10.9. The Kier molecular flexibility index (Phi) is 3.42. The molecule has 124 valence electrons. The van der Waals surface area contributed by atoms with Crippen LogP contribution < -0.4 is 5.76 Å². The van der Waals surface area contributed by atoms with Crippen molar-refractivity contribution in [1.82, 2.24) is 15.1 Å². The van der Waals surface area contributed by atoms with Gasteiger partial charge in [-0.25, -0.2) is 9.59 Å². The molecule has 0 saturated carbocycles. The summed E-state index contributed by atoms with van der Waals surface area (Å²) in [6.07, 6.45) is 0. The van der Waals surface area contributed by atoms with E-state index in [1.165, 1.54) is 7.11 Å². The minimum atomic E-state index is -0.555. The summed E-state index contributed by atoms with van der Waals surface area (Å²) in [6.45, 7) is 0. The molecule has 0 spiro atoms. The molecule has 2 aromatic heterocycles. The third-order valence-electron chi connectivity index (χ3n) is 3.67. The summed E-state index contributed by atoms with van der Waals surface area (Å²) in [5.41, 5.74) is 2.51. The lowest BCUT2D eigenvalue weighted by Crippen LogP contribution is -2.00. The number of benzene rings is 2. The lowest BCUT2D eigenvalue weighted by Gasteiger charge is -1.99. The zero-order chi connectivity index (χ0) is 17.4. The Bertz CT molecular complexity index is 1120. The fraction of sp³-hybridized carbons (Fsp3) is 0.0588. The minimum Gasteiger partial charge on any atom is -0.465 e. The minimum absolute atomic E-state index is 0.223. The molecule has 0 bridgehead atoms. The summed E-state index contributed by atoms with van der Waals surface area (Å²) in [5.74, 6) is -0.406. The van der Waals surface area contributed by atoms with Gasteiger partial charge in [-0.15, -0.1) is 0 Å². The molecular weight excluding hydrogens is 326 g/mol. The first-order valence-electron chi connectivity index (χ1n) is 7.30. The SMILES string of the molecule is COC(=O)c1ccc(-c2noc(-c3cccc4[nH]c(=O)oc34)n2)cc1. The molecule has 0 aliphatic heterocycles. The van der Waals surface area contributed by atoms with Gasteiger partial charge in [0, 0.05) is 5.56 Å². The van der Waals surface area contributed by atoms with Gasteiger partial charge < -0.3 is 13.7 Å². The number of aromatic amines is 1. The van der Waals surface area contributed by atoms with Crippen LogP contribution in [0, 0.1) is 0 Å². The molecule has 0 fully saturated rings. The summed E-state index contributed by atoms with van der Waals surface area (Å²) in [4.78, 5) is 29.8. The maximum atomic E-state index is 11.5. The van der Waals surface area contributed by atoms with Crippen LogP contribution in [-0.4, -0.2) is 28.2 Å². The largest absolute Gasteiger partial charge is 0.465 e. The number of carbonyl (C=O) groups is 1. The first-order chi connectivity index (χ1) is 12.2. The zero-order valence-electron chi connectivity index (χ0n) is 13.0. The average molecular weight is 337 g/mol. The summed E-state index contributed by atoms with van der Waals surface area (Å²) < 4.78 is 15.1. The Balaban J connectivity index is 1.72. The Morgan fingerprint density at radius 1 is 1.16 bits per heavy atom. The van der Waals surface area contributed by atoms with Crippen LogP contribution in [0.2, 0.25) is 0 Å². The van der Waals surface area contributed by atoms with E-state index in [0.29, 0.717) is 33.6 Å². The number of carbonyl (C=O) groups excluding carboxylic acids is 1. The predicted molar refractivity (Wildman–Crippen MR) is 86.9 cm³/mol. The molecule has 4 aromatic rings. The number of nitrogens with zero attached hydrogens (tertiary/aromatic N) is 2. The molecule has 8 heteroatoms. The number of hydrogen-bond acceptors (Lipinski definition) is 7. The number of rotatable bonds is 3. The lowest BCUT2D eigenvalue weighted by atomic mass is 10.1. The van der Waals surface area contributed by atoms with Crippen LogP contribution in [0.1, 0.15) is 10.4 Å². The maximum absolute atomic E-state index is 11.5. The van der Waals surface area contributed by atoms with Crippen LogP contribution in [0.3, 0.4) is 0 Å². The van der Waals surface area contributed by atoms with E-state index in [2.05, 4.69) is 19.9 Å². The van der Waals surface area contributed by atoms with Gasteiger partial charge in [0.05, 0.1) is 23.8 Å². The number of nitrogens with one attached hydrogen (secondary N) is 1. The van der Waals surface area contributed by atoms with Crippen LogP contribution in [0.25, 0.3) is 33.9 Å². The highest BCUT2D eigenvalue weighted by Crippen LogP contribution is 2.27. The molecule has 0 atom stereocenters. The van der Waals surface area contributed by atoms with Crippen molar-refractivity contribution in [3.8, 4) is 22.8 Å². The Morgan fingerprint density at radius 3 is 2.72 bits per heavy atom. The van der Waals surface area contributed by atoms with E-state index >= 15 is 0 Å². The molecule has 2 heterocycles. The van der Waals surface area contributed by atoms with Crippen LogP contribution in [-0.2, 0) is 4.74 Å². The molecule has 1 N–H and O–H groups in total. The second-order valence-corrected chi connectivity index (χ2v) is 5.19. The summed E-state index contributed by atoms with van der Waals surface area (Å²) in [7, 11) is 1.32. The third-order valence-corrected chi connectivity index (χ3v) is 3.67. The van der Waals surface area contributed by atoms with Crippen LogP contribution in [0.5, 0.6) is 0 Å². The first kappa shape index (κ1) is 14.9. The Labute approximate surface area is 140 Å². The standard InChI is InChI=1S/C17H11N3O5/c1-23-16(21)10-7-5-9(6-8-10)14-19-15(25-20-14)11-3-2-4-12-13(11)24-17(22)18-12/h2-8H,1H3,(H,18,22). The van der Waals surface area contributed by atoms with Gasteiger partial charge in [0.2, 0.25) is 5.82 Å². The highest BCUT2D eigenvalue weighted by Gasteiger charge is 2.16. The monoisotopic (exact) mass is 337 g/mol. The number of aromatic nitrogens is 3. The van der Waals surface area contributed by atoms with Gasteiger partial charge in [0.25, 0.3) is 5.89 Å². The van der Waals surface area contributed by atoms with Gasteiger partial charge in [-0.05, 0) is 24.3 Å². The molecule has 0 aliphatic rings. The number of oxazole rings is 1. The molecule has 2 aromatic carbocycles. The van der Waals surface area contributed by atoms with Crippen molar-refractivity contribution in [2.45, 2.75) is 0 Å². The van der Waals surface area contributed by atoms with E-state index in [0.717, 1.165) is 0 Å². The number of esters is 1. The molecular formula is C17H11N3O5. The number of hydrogen-bond donors (Lipinski definition) is 1. The van der Waals surface area contributed by atoms with Gasteiger partial charge in [0.1, 0.15) is 0 Å². The molecule has 8 nitrogen and oxygen atoms in total. The van der Waals surface area contributed by atoms with Gasteiger partial charge in [-0.3, -0.25) is 4.98 Å². The van der Waals surface area contributed by atoms with E-state index in [1.54, 1.807) is 42.5 Å². The number of methoxy groups -OCH3 is 1. The average Bonchev–Trinajstić information content (AvgIpc) is 3.26. The Morgan fingerprint density at radius 2 is 1.96 bits per heavy atom. The summed E-state index contributed by atoms with van der Waals surface area (Å²) >= 11 is 0. The number of ether oxygens (including phenoxy) is 1. The maximum Gasteiger partial charge on any atom is 0.417 e. The van der Waals surface area contributed by atoms with Gasteiger partial charge >= 0.3 is 11.7 Å². The zero-order valence-corrected chi connectivity index (χ0v) is 13.0. The molecule has 0 amide bonds. The van der Waals surface area contributed by atoms with Crippen molar-refractivity contribution < 1.29 is 18.5 Å². The van der Waals surface area contributed by atoms with Crippen molar-refractivity contribution in [3.05, 3.63) is 58.6 Å². The number of fused-ring (bicyclic) bond motifs is 1. The van der Waals surface area contributed by atoms with Crippen LogP contribution >= 0.6 is 0 Å². The van der Waals surface area contributed by atoms with E-state index in [9.17, 15) is 9.59 Å². The predicted octanol–water partition coefficient (Wildman–Crippen LogP) is 2.62. The van der Waals surface area contributed by atoms with Crippen molar-refractivity contribution in [1.29, 1.82) is 0 Å².